The molecule has 1 aromatic rings. The highest BCUT2D eigenvalue weighted by atomic mass is 32.1. The van der Waals surface area contributed by atoms with Crippen molar-refractivity contribution in [3.8, 4) is 0 Å². The summed E-state index contributed by atoms with van der Waals surface area (Å²) < 4.78 is 4.97. The number of hydrogen-bond acceptors (Lipinski definition) is 6. The SMILES string of the molecule is COCCCCNC(=O)c1sc(N2CCCC2)nc1N. The molecule has 0 unspecified atom stereocenters. The Labute approximate surface area is 123 Å². The topological polar surface area (TPSA) is 80.5 Å². The lowest BCUT2D eigenvalue weighted by Crippen LogP contribution is -2.24. The quantitative estimate of drug-likeness (QED) is 0.745. The average molecular weight is 298 g/mol. The van der Waals surface area contributed by atoms with E-state index in [1.165, 1.54) is 24.2 Å². The number of thiazole rings is 1. The summed E-state index contributed by atoms with van der Waals surface area (Å²) in [5.41, 5.74) is 5.85. The molecule has 0 atom stereocenters. The lowest BCUT2D eigenvalue weighted by molar-refractivity contribution is 0.0956. The van der Waals surface area contributed by atoms with Crippen molar-refractivity contribution in [3.63, 3.8) is 0 Å². The summed E-state index contributed by atoms with van der Waals surface area (Å²) in [4.78, 5) is 19.1. The first-order chi connectivity index (χ1) is 9.72. The van der Waals surface area contributed by atoms with E-state index in [1.807, 2.05) is 0 Å². The second-order valence-electron chi connectivity index (χ2n) is 4.86. The zero-order valence-corrected chi connectivity index (χ0v) is 12.7. The summed E-state index contributed by atoms with van der Waals surface area (Å²) in [6.45, 7) is 3.37. The number of ether oxygens (including phenoxy) is 1. The Balaban J connectivity index is 1.86. The highest BCUT2D eigenvalue weighted by Gasteiger charge is 2.21. The highest BCUT2D eigenvalue weighted by Crippen LogP contribution is 2.30. The van der Waals surface area contributed by atoms with Gasteiger partial charge in [-0.15, -0.1) is 0 Å². The normalized spacial score (nSPS) is 14.8. The van der Waals surface area contributed by atoms with Gasteiger partial charge in [-0.1, -0.05) is 11.3 Å². The van der Waals surface area contributed by atoms with Crippen LogP contribution in [-0.2, 0) is 4.74 Å². The summed E-state index contributed by atoms with van der Waals surface area (Å²) in [5.74, 6) is 0.217. The van der Waals surface area contributed by atoms with E-state index in [4.69, 9.17) is 10.5 Å². The second-order valence-corrected chi connectivity index (χ2v) is 5.84. The molecule has 3 N–H and O–H groups in total. The molecule has 2 heterocycles. The van der Waals surface area contributed by atoms with Gasteiger partial charge in [0, 0.05) is 33.4 Å². The van der Waals surface area contributed by atoms with Gasteiger partial charge in [0.2, 0.25) is 0 Å². The Kier molecular flexibility index (Phi) is 5.60. The molecule has 1 amide bonds. The molecule has 0 radical (unpaired) electrons. The van der Waals surface area contributed by atoms with Crippen LogP contribution in [0.4, 0.5) is 10.9 Å². The van der Waals surface area contributed by atoms with Gasteiger partial charge in [-0.05, 0) is 25.7 Å². The van der Waals surface area contributed by atoms with Crippen LogP contribution in [0, 0.1) is 0 Å². The standard InChI is InChI=1S/C13H22N4O2S/c1-19-9-5-2-6-15-12(18)10-11(14)16-13(20-10)17-7-3-4-8-17/h2-9,14H2,1H3,(H,15,18). The molecular formula is C13H22N4O2S. The first-order valence-corrected chi connectivity index (χ1v) is 7.82. The third-order valence-electron chi connectivity index (χ3n) is 3.29. The predicted octanol–water partition coefficient (Wildman–Crippen LogP) is 1.48. The van der Waals surface area contributed by atoms with E-state index in [9.17, 15) is 4.79 Å². The molecule has 6 nitrogen and oxygen atoms in total. The first kappa shape index (κ1) is 15.1. The van der Waals surface area contributed by atoms with Crippen LogP contribution >= 0.6 is 11.3 Å². The molecule has 1 aliphatic rings. The minimum Gasteiger partial charge on any atom is -0.385 e. The van der Waals surface area contributed by atoms with Crippen LogP contribution in [0.2, 0.25) is 0 Å². The fourth-order valence-corrected chi connectivity index (χ4v) is 3.13. The zero-order valence-electron chi connectivity index (χ0n) is 11.9. The van der Waals surface area contributed by atoms with Gasteiger partial charge in [0.25, 0.3) is 5.91 Å². The fourth-order valence-electron chi connectivity index (χ4n) is 2.18. The number of anilines is 2. The molecule has 0 aromatic carbocycles. The van der Waals surface area contributed by atoms with Crippen molar-refractivity contribution in [3.05, 3.63) is 4.88 Å². The molecule has 0 spiro atoms. The molecule has 1 saturated heterocycles. The number of rotatable bonds is 7. The van der Waals surface area contributed by atoms with Crippen LogP contribution in [0.3, 0.4) is 0 Å². The number of amides is 1. The number of aromatic nitrogens is 1. The molecule has 1 fully saturated rings. The van der Waals surface area contributed by atoms with Gasteiger partial charge in [0.15, 0.2) is 5.13 Å². The molecular weight excluding hydrogens is 276 g/mol. The number of nitrogen functional groups attached to an aromatic ring is 1. The summed E-state index contributed by atoms with van der Waals surface area (Å²) in [6.07, 6.45) is 4.20. The average Bonchev–Trinajstić information content (AvgIpc) is 3.07. The maximum Gasteiger partial charge on any atom is 0.265 e. The Hall–Kier alpha value is -1.34. The lowest BCUT2D eigenvalue weighted by atomic mass is 10.3. The number of nitrogens with two attached hydrogens (primary N) is 1. The van der Waals surface area contributed by atoms with Crippen LogP contribution in [0.5, 0.6) is 0 Å². The number of unbranched alkanes of at least 4 members (excludes halogenated alkanes) is 1. The van der Waals surface area contributed by atoms with E-state index < -0.39 is 0 Å². The fraction of sp³-hybridized carbons (Fsp3) is 0.692. The van der Waals surface area contributed by atoms with Crippen LogP contribution in [0.25, 0.3) is 0 Å². The van der Waals surface area contributed by atoms with Crippen molar-refractivity contribution in [1.82, 2.24) is 10.3 Å². The van der Waals surface area contributed by atoms with E-state index >= 15 is 0 Å². The lowest BCUT2D eigenvalue weighted by Gasteiger charge is -2.11. The van der Waals surface area contributed by atoms with Crippen LogP contribution in [-0.4, -0.2) is 44.2 Å². The maximum absolute atomic E-state index is 12.1. The van der Waals surface area contributed by atoms with Gasteiger partial charge >= 0.3 is 0 Å². The molecule has 112 valence electrons. The molecule has 2 rings (SSSR count). The summed E-state index contributed by atoms with van der Waals surface area (Å²) in [6, 6.07) is 0. The Morgan fingerprint density at radius 2 is 2.20 bits per heavy atom. The predicted molar refractivity (Wildman–Crippen MR) is 81.4 cm³/mol. The first-order valence-electron chi connectivity index (χ1n) is 7.00. The van der Waals surface area contributed by atoms with Crippen LogP contribution < -0.4 is 16.0 Å². The third-order valence-corrected chi connectivity index (χ3v) is 4.42. The van der Waals surface area contributed by atoms with E-state index in [0.717, 1.165) is 37.7 Å². The number of carbonyl (C=O) groups excluding carboxylic acids is 1. The van der Waals surface area contributed by atoms with Gasteiger partial charge in [0.05, 0.1) is 0 Å². The van der Waals surface area contributed by atoms with Crippen molar-refractivity contribution in [2.24, 2.45) is 0 Å². The molecule has 0 aliphatic carbocycles. The summed E-state index contributed by atoms with van der Waals surface area (Å²) >= 11 is 1.39. The van der Waals surface area contributed by atoms with Gasteiger partial charge in [-0.3, -0.25) is 4.79 Å². The highest BCUT2D eigenvalue weighted by molar-refractivity contribution is 7.18. The van der Waals surface area contributed by atoms with Gasteiger partial charge in [0.1, 0.15) is 10.7 Å². The van der Waals surface area contributed by atoms with E-state index in [0.29, 0.717) is 17.2 Å². The van der Waals surface area contributed by atoms with Gasteiger partial charge < -0.3 is 20.7 Å². The van der Waals surface area contributed by atoms with Gasteiger partial charge in [-0.2, -0.15) is 0 Å². The largest absolute Gasteiger partial charge is 0.385 e. The summed E-state index contributed by atoms with van der Waals surface area (Å²) in [7, 11) is 1.68. The Morgan fingerprint density at radius 3 is 2.90 bits per heavy atom. The van der Waals surface area contributed by atoms with E-state index in [-0.39, 0.29) is 5.91 Å². The molecule has 7 heteroatoms. The number of nitrogens with zero attached hydrogens (tertiary/aromatic N) is 2. The molecule has 1 aliphatic heterocycles. The van der Waals surface area contributed by atoms with Gasteiger partial charge in [-0.25, -0.2) is 4.98 Å². The number of methoxy groups -OCH3 is 1. The van der Waals surface area contributed by atoms with E-state index in [2.05, 4.69) is 15.2 Å². The van der Waals surface area contributed by atoms with Crippen molar-refractivity contribution >= 4 is 28.2 Å². The summed E-state index contributed by atoms with van der Waals surface area (Å²) in [5, 5.41) is 3.75. The maximum atomic E-state index is 12.1. The van der Waals surface area contributed by atoms with Crippen molar-refractivity contribution in [1.29, 1.82) is 0 Å². The van der Waals surface area contributed by atoms with E-state index in [1.54, 1.807) is 7.11 Å². The number of nitrogens with one attached hydrogen (secondary N) is 1. The smallest absolute Gasteiger partial charge is 0.265 e. The minimum absolute atomic E-state index is 0.122. The van der Waals surface area contributed by atoms with Crippen molar-refractivity contribution in [2.75, 3.05) is 44.0 Å². The molecule has 0 bridgehead atoms. The third kappa shape index (κ3) is 3.83. The Bertz CT molecular complexity index is 444. The minimum atomic E-state index is -0.122. The molecule has 20 heavy (non-hydrogen) atoms. The monoisotopic (exact) mass is 298 g/mol. The van der Waals surface area contributed by atoms with Crippen molar-refractivity contribution in [2.45, 2.75) is 25.7 Å². The van der Waals surface area contributed by atoms with Crippen molar-refractivity contribution < 1.29 is 9.53 Å². The molecule has 0 saturated carbocycles. The molecule has 1 aromatic heterocycles. The zero-order chi connectivity index (χ0) is 14.4. The Morgan fingerprint density at radius 1 is 1.45 bits per heavy atom. The number of hydrogen-bond donors (Lipinski definition) is 2. The van der Waals surface area contributed by atoms with Crippen LogP contribution in [0.15, 0.2) is 0 Å². The van der Waals surface area contributed by atoms with Crippen LogP contribution in [0.1, 0.15) is 35.4 Å². The second kappa shape index (κ2) is 7.44. The number of carbonyl (C=O) groups is 1.